The van der Waals surface area contributed by atoms with Crippen LogP contribution >= 0.6 is 15.9 Å². The van der Waals surface area contributed by atoms with Crippen molar-refractivity contribution in [3.05, 3.63) is 63.9 Å². The van der Waals surface area contributed by atoms with Gasteiger partial charge in [0, 0.05) is 12.8 Å². The van der Waals surface area contributed by atoms with Crippen LogP contribution in [0, 0.1) is 5.82 Å². The second-order valence-electron chi connectivity index (χ2n) is 4.49. The minimum absolute atomic E-state index is 0.0803. The summed E-state index contributed by atoms with van der Waals surface area (Å²) in [6.07, 6.45) is 0.627. The Kier molecular flexibility index (Phi) is 4.90. The van der Waals surface area contributed by atoms with Gasteiger partial charge in [-0.3, -0.25) is 4.79 Å². The fraction of sp³-hybridized carbons (Fsp3) is 0.188. The number of Topliss-reactive ketones (excluding diaryl/α,β-unsaturated/α-hetero) is 1. The fourth-order valence-corrected chi connectivity index (χ4v) is 2.38. The van der Waals surface area contributed by atoms with E-state index in [0.29, 0.717) is 10.9 Å². The van der Waals surface area contributed by atoms with Crippen molar-refractivity contribution in [3.8, 4) is 5.75 Å². The zero-order chi connectivity index (χ0) is 14.5. The third kappa shape index (κ3) is 3.90. The van der Waals surface area contributed by atoms with E-state index < -0.39 is 0 Å². The van der Waals surface area contributed by atoms with Gasteiger partial charge >= 0.3 is 0 Å². The number of benzene rings is 2. The molecular weight excluding hydrogens is 323 g/mol. The molecule has 0 bridgehead atoms. The number of rotatable bonds is 5. The molecule has 2 aromatic rings. The molecule has 2 aromatic carbocycles. The van der Waals surface area contributed by atoms with Crippen molar-refractivity contribution >= 4 is 21.7 Å². The highest BCUT2D eigenvalue weighted by atomic mass is 79.9. The zero-order valence-electron chi connectivity index (χ0n) is 11.0. The maximum Gasteiger partial charge on any atom is 0.141 e. The molecule has 0 aliphatic rings. The normalized spacial score (nSPS) is 10.3. The molecule has 0 N–H and O–H groups in total. The number of carbonyl (C=O) groups excluding carboxylic acids is 1. The van der Waals surface area contributed by atoms with E-state index in [1.165, 1.54) is 6.07 Å². The van der Waals surface area contributed by atoms with Gasteiger partial charge in [0.05, 0.1) is 11.6 Å². The molecule has 0 aliphatic heterocycles. The lowest BCUT2D eigenvalue weighted by Gasteiger charge is -2.05. The first kappa shape index (κ1) is 14.7. The third-order valence-corrected chi connectivity index (χ3v) is 3.53. The van der Waals surface area contributed by atoms with E-state index in [-0.39, 0.29) is 18.0 Å². The standard InChI is InChI=1S/C16H14BrFO2/c1-20-14-4-2-3-11(9-14)7-13(19)8-12-5-6-16(18)15(17)10-12/h2-6,9-10H,7-8H2,1H3. The van der Waals surface area contributed by atoms with Crippen LogP contribution in [0.1, 0.15) is 11.1 Å². The molecule has 0 fully saturated rings. The zero-order valence-corrected chi connectivity index (χ0v) is 12.6. The van der Waals surface area contributed by atoms with E-state index in [2.05, 4.69) is 15.9 Å². The summed E-state index contributed by atoms with van der Waals surface area (Å²) >= 11 is 3.12. The number of halogens is 2. The highest BCUT2D eigenvalue weighted by molar-refractivity contribution is 9.10. The predicted molar refractivity (Wildman–Crippen MR) is 79.5 cm³/mol. The molecule has 2 rings (SSSR count). The molecular formula is C16H14BrFO2. The first-order valence-electron chi connectivity index (χ1n) is 6.17. The van der Waals surface area contributed by atoms with Crippen LogP contribution in [0.25, 0.3) is 0 Å². The number of carbonyl (C=O) groups is 1. The predicted octanol–water partition coefficient (Wildman–Crippen LogP) is 3.95. The maximum absolute atomic E-state index is 13.1. The highest BCUT2D eigenvalue weighted by Gasteiger charge is 2.08. The molecule has 0 aliphatic carbocycles. The monoisotopic (exact) mass is 336 g/mol. The van der Waals surface area contributed by atoms with Gasteiger partial charge in [-0.25, -0.2) is 4.39 Å². The van der Waals surface area contributed by atoms with Gasteiger partial charge in [-0.15, -0.1) is 0 Å². The fourth-order valence-electron chi connectivity index (χ4n) is 1.95. The number of hydrogen-bond acceptors (Lipinski definition) is 2. The average Bonchev–Trinajstić information content (AvgIpc) is 2.43. The van der Waals surface area contributed by atoms with Crippen molar-refractivity contribution in [2.24, 2.45) is 0 Å². The van der Waals surface area contributed by atoms with E-state index in [9.17, 15) is 9.18 Å². The molecule has 0 amide bonds. The Bertz CT molecular complexity index is 626. The second kappa shape index (κ2) is 6.66. The highest BCUT2D eigenvalue weighted by Crippen LogP contribution is 2.18. The van der Waals surface area contributed by atoms with Crippen LogP contribution in [-0.4, -0.2) is 12.9 Å². The van der Waals surface area contributed by atoms with Crippen LogP contribution in [-0.2, 0) is 17.6 Å². The van der Waals surface area contributed by atoms with Crippen LogP contribution in [0.15, 0.2) is 46.9 Å². The molecule has 104 valence electrons. The molecule has 0 atom stereocenters. The topological polar surface area (TPSA) is 26.3 Å². The van der Waals surface area contributed by atoms with Crippen molar-refractivity contribution in [2.45, 2.75) is 12.8 Å². The van der Waals surface area contributed by atoms with Crippen LogP contribution in [0.3, 0.4) is 0 Å². The van der Waals surface area contributed by atoms with E-state index in [1.54, 1.807) is 19.2 Å². The number of hydrogen-bond donors (Lipinski definition) is 0. The Morgan fingerprint density at radius 2 is 1.85 bits per heavy atom. The Morgan fingerprint density at radius 1 is 1.15 bits per heavy atom. The summed E-state index contributed by atoms with van der Waals surface area (Å²) in [7, 11) is 1.59. The Hall–Kier alpha value is -1.68. The lowest BCUT2D eigenvalue weighted by atomic mass is 10.0. The Balaban J connectivity index is 2.03. The van der Waals surface area contributed by atoms with Gasteiger partial charge in [-0.1, -0.05) is 18.2 Å². The number of ketones is 1. The Morgan fingerprint density at radius 3 is 2.50 bits per heavy atom. The van der Waals surface area contributed by atoms with Gasteiger partial charge in [0.2, 0.25) is 0 Å². The molecule has 0 saturated carbocycles. The van der Waals surface area contributed by atoms with Crippen molar-refractivity contribution in [3.63, 3.8) is 0 Å². The molecule has 2 nitrogen and oxygen atoms in total. The third-order valence-electron chi connectivity index (χ3n) is 2.92. The lowest BCUT2D eigenvalue weighted by molar-refractivity contribution is -0.117. The summed E-state index contributed by atoms with van der Waals surface area (Å²) in [5.41, 5.74) is 1.71. The average molecular weight is 337 g/mol. The van der Waals surface area contributed by atoms with Crippen LogP contribution in [0.5, 0.6) is 5.75 Å². The van der Waals surface area contributed by atoms with E-state index >= 15 is 0 Å². The molecule has 0 aromatic heterocycles. The lowest BCUT2D eigenvalue weighted by Crippen LogP contribution is -2.06. The van der Waals surface area contributed by atoms with Crippen LogP contribution in [0.2, 0.25) is 0 Å². The number of methoxy groups -OCH3 is 1. The van der Waals surface area contributed by atoms with Crippen molar-refractivity contribution < 1.29 is 13.9 Å². The largest absolute Gasteiger partial charge is 0.497 e. The SMILES string of the molecule is COc1cccc(CC(=O)Cc2ccc(F)c(Br)c2)c1. The van der Waals surface area contributed by atoms with Gasteiger partial charge in [0.25, 0.3) is 0 Å². The number of ether oxygens (including phenoxy) is 1. The van der Waals surface area contributed by atoms with Crippen molar-refractivity contribution in [2.75, 3.05) is 7.11 Å². The van der Waals surface area contributed by atoms with Gasteiger partial charge in [-0.2, -0.15) is 0 Å². The van der Waals surface area contributed by atoms with Gasteiger partial charge in [0.1, 0.15) is 17.3 Å². The molecule has 0 heterocycles. The maximum atomic E-state index is 13.1. The van der Waals surface area contributed by atoms with E-state index in [1.807, 2.05) is 24.3 Å². The first-order valence-corrected chi connectivity index (χ1v) is 6.96. The second-order valence-corrected chi connectivity index (χ2v) is 5.35. The van der Waals surface area contributed by atoms with Gasteiger partial charge < -0.3 is 4.74 Å². The van der Waals surface area contributed by atoms with Crippen LogP contribution in [0.4, 0.5) is 4.39 Å². The summed E-state index contributed by atoms with van der Waals surface area (Å²) < 4.78 is 18.6. The molecule has 0 saturated heterocycles. The first-order chi connectivity index (χ1) is 9.58. The molecule has 0 unspecified atom stereocenters. The molecule has 0 spiro atoms. The molecule has 0 radical (unpaired) electrons. The van der Waals surface area contributed by atoms with Gasteiger partial charge in [0.15, 0.2) is 0 Å². The molecule has 20 heavy (non-hydrogen) atoms. The summed E-state index contributed by atoms with van der Waals surface area (Å²) in [5.74, 6) is 0.491. The van der Waals surface area contributed by atoms with E-state index in [4.69, 9.17) is 4.74 Å². The summed E-state index contributed by atoms with van der Waals surface area (Å²) in [6.45, 7) is 0. The minimum Gasteiger partial charge on any atom is -0.497 e. The van der Waals surface area contributed by atoms with Crippen molar-refractivity contribution in [1.29, 1.82) is 0 Å². The quantitative estimate of drug-likeness (QED) is 0.826. The summed E-state index contributed by atoms with van der Waals surface area (Å²) in [4.78, 5) is 12.0. The van der Waals surface area contributed by atoms with Crippen molar-refractivity contribution in [1.82, 2.24) is 0 Å². The smallest absolute Gasteiger partial charge is 0.141 e. The minimum atomic E-state index is -0.325. The van der Waals surface area contributed by atoms with E-state index in [0.717, 1.165) is 16.9 Å². The Labute approximate surface area is 125 Å². The summed E-state index contributed by atoms with van der Waals surface area (Å²) in [5, 5.41) is 0. The van der Waals surface area contributed by atoms with Gasteiger partial charge in [-0.05, 0) is 51.3 Å². The van der Waals surface area contributed by atoms with Crippen LogP contribution < -0.4 is 4.74 Å². The summed E-state index contributed by atoms with van der Waals surface area (Å²) in [6, 6.07) is 12.1. The molecule has 4 heteroatoms.